The van der Waals surface area contributed by atoms with Gasteiger partial charge in [-0.3, -0.25) is 9.78 Å². The number of carbonyl (C=O) groups excluding carboxylic acids is 1. The number of fused-ring (bicyclic) bond motifs is 1. The maximum atomic E-state index is 12.8. The fraction of sp³-hybridized carbons (Fsp3) is 0.304. The number of amides is 1. The molecule has 1 fully saturated rings. The van der Waals surface area contributed by atoms with Crippen molar-refractivity contribution in [2.24, 2.45) is 5.92 Å². The van der Waals surface area contributed by atoms with Crippen LogP contribution in [0.5, 0.6) is 5.75 Å². The number of nitrogens with one attached hydrogen (secondary N) is 1. The van der Waals surface area contributed by atoms with Crippen LogP contribution in [0.15, 0.2) is 60.8 Å². The molecule has 1 aliphatic carbocycles. The zero-order valence-electron chi connectivity index (χ0n) is 15.8. The number of nitrogens with zero attached hydrogens (tertiary/aromatic N) is 1. The molecule has 0 unspecified atom stereocenters. The fourth-order valence-corrected chi connectivity index (χ4v) is 3.88. The molecule has 2 N–H and O–H groups in total. The third kappa shape index (κ3) is 3.85. The van der Waals surface area contributed by atoms with Crippen LogP contribution in [-0.2, 0) is 11.2 Å². The van der Waals surface area contributed by atoms with Crippen molar-refractivity contribution < 1.29 is 14.6 Å². The van der Waals surface area contributed by atoms with Crippen LogP contribution in [0, 0.1) is 5.92 Å². The quantitative estimate of drug-likeness (QED) is 0.692. The third-order valence-electron chi connectivity index (χ3n) is 5.45. The first-order valence-corrected chi connectivity index (χ1v) is 9.58. The Balaban J connectivity index is 1.56. The lowest BCUT2D eigenvalue weighted by atomic mass is 9.75. The molecule has 4 rings (SSSR count). The summed E-state index contributed by atoms with van der Waals surface area (Å²) in [6, 6.07) is 17.4. The molecule has 0 bridgehead atoms. The highest BCUT2D eigenvalue weighted by Gasteiger charge is 2.36. The van der Waals surface area contributed by atoms with Crippen molar-refractivity contribution in [2.75, 3.05) is 7.11 Å². The Labute approximate surface area is 164 Å². The largest absolute Gasteiger partial charge is 0.496 e. The maximum Gasteiger partial charge on any atom is 0.225 e. The van der Waals surface area contributed by atoms with Crippen LogP contribution in [0.1, 0.15) is 30.0 Å². The molecule has 0 radical (unpaired) electrons. The second kappa shape index (κ2) is 7.98. The molecular weight excluding hydrogens is 352 g/mol. The topological polar surface area (TPSA) is 71.5 Å². The average Bonchev–Trinajstić information content (AvgIpc) is 2.70. The zero-order chi connectivity index (χ0) is 19.5. The van der Waals surface area contributed by atoms with Crippen LogP contribution < -0.4 is 10.1 Å². The Hall–Kier alpha value is -2.92. The van der Waals surface area contributed by atoms with Gasteiger partial charge in [0, 0.05) is 17.1 Å². The lowest BCUT2D eigenvalue weighted by molar-refractivity contribution is -0.122. The van der Waals surface area contributed by atoms with Crippen molar-refractivity contribution in [1.29, 1.82) is 0 Å². The highest BCUT2D eigenvalue weighted by Crippen LogP contribution is 2.38. The predicted molar refractivity (Wildman–Crippen MR) is 108 cm³/mol. The summed E-state index contributed by atoms with van der Waals surface area (Å²) in [6.45, 7) is 0. The van der Waals surface area contributed by atoms with Gasteiger partial charge in [-0.25, -0.2) is 0 Å². The van der Waals surface area contributed by atoms with E-state index in [1.54, 1.807) is 7.11 Å². The van der Waals surface area contributed by atoms with Gasteiger partial charge in [-0.15, -0.1) is 0 Å². The molecule has 3 aromatic rings. The van der Waals surface area contributed by atoms with Gasteiger partial charge in [0.25, 0.3) is 0 Å². The van der Waals surface area contributed by atoms with Gasteiger partial charge in [-0.2, -0.15) is 0 Å². The van der Waals surface area contributed by atoms with Crippen LogP contribution in [0.2, 0.25) is 0 Å². The number of aliphatic hydroxyl groups excluding tert-OH is 1. The highest BCUT2D eigenvalue weighted by atomic mass is 16.5. The van der Waals surface area contributed by atoms with Crippen LogP contribution in [0.4, 0.5) is 0 Å². The summed E-state index contributed by atoms with van der Waals surface area (Å²) < 4.78 is 5.35. The first-order valence-electron chi connectivity index (χ1n) is 9.58. The van der Waals surface area contributed by atoms with Crippen molar-refractivity contribution in [2.45, 2.75) is 31.4 Å². The lowest BCUT2D eigenvalue weighted by Gasteiger charge is -2.38. The van der Waals surface area contributed by atoms with Gasteiger partial charge in [-0.1, -0.05) is 36.4 Å². The van der Waals surface area contributed by atoms with Gasteiger partial charge in [-0.05, 0) is 42.5 Å². The smallest absolute Gasteiger partial charge is 0.225 e. The fourth-order valence-electron chi connectivity index (χ4n) is 3.88. The summed E-state index contributed by atoms with van der Waals surface area (Å²) in [5, 5.41) is 14.0. The number of aliphatic hydroxyl groups is 1. The molecule has 1 heterocycles. The second-order valence-corrected chi connectivity index (χ2v) is 7.38. The highest BCUT2D eigenvalue weighted by molar-refractivity contribution is 5.81. The van der Waals surface area contributed by atoms with Crippen molar-refractivity contribution in [3.8, 4) is 5.75 Å². The molecular formula is C23H24N2O3. The molecule has 5 nitrogen and oxygen atoms in total. The third-order valence-corrected chi connectivity index (χ3v) is 5.45. The zero-order valence-corrected chi connectivity index (χ0v) is 15.8. The molecule has 0 saturated heterocycles. The van der Waals surface area contributed by atoms with E-state index >= 15 is 0 Å². The summed E-state index contributed by atoms with van der Waals surface area (Å²) in [5.74, 6) is 0.851. The monoisotopic (exact) mass is 376 g/mol. The molecule has 1 aliphatic rings. The molecule has 0 spiro atoms. The van der Waals surface area contributed by atoms with Crippen LogP contribution in [0.25, 0.3) is 10.9 Å². The number of rotatable bonds is 6. The van der Waals surface area contributed by atoms with Crippen LogP contribution in [0.3, 0.4) is 0 Å². The Kier molecular flexibility index (Phi) is 5.26. The number of methoxy groups -OCH3 is 1. The van der Waals surface area contributed by atoms with Crippen LogP contribution >= 0.6 is 0 Å². The van der Waals surface area contributed by atoms with E-state index in [0.717, 1.165) is 22.0 Å². The van der Waals surface area contributed by atoms with Crippen molar-refractivity contribution in [3.63, 3.8) is 0 Å². The standard InChI is InChI=1S/C23H24N2O3/c1-28-21-9-5-3-7-16(21)13-22(27)25-23(17-11-19(26)12-17)18-10-15-6-2-4-8-20(15)24-14-18/h2-10,14,17,19,23,26H,11-13H2,1H3,(H,25,27)/t17?,19?,23-/m1/s1. The molecule has 0 aliphatic heterocycles. The van der Waals surface area contributed by atoms with E-state index in [0.29, 0.717) is 18.6 Å². The molecule has 1 atom stereocenters. The Bertz CT molecular complexity index is 982. The minimum absolute atomic E-state index is 0.0657. The maximum absolute atomic E-state index is 12.8. The van der Waals surface area contributed by atoms with E-state index in [-0.39, 0.29) is 30.4 Å². The average molecular weight is 376 g/mol. The molecule has 5 heteroatoms. The Morgan fingerprint density at radius 3 is 2.75 bits per heavy atom. The van der Waals surface area contributed by atoms with Crippen LogP contribution in [-0.4, -0.2) is 29.2 Å². The van der Waals surface area contributed by atoms with Gasteiger partial charge in [0.05, 0.1) is 31.2 Å². The van der Waals surface area contributed by atoms with E-state index in [4.69, 9.17) is 4.74 Å². The minimum Gasteiger partial charge on any atom is -0.496 e. The van der Waals surface area contributed by atoms with Crippen molar-refractivity contribution in [1.82, 2.24) is 10.3 Å². The summed E-state index contributed by atoms with van der Waals surface area (Å²) in [5.41, 5.74) is 2.76. The summed E-state index contributed by atoms with van der Waals surface area (Å²) >= 11 is 0. The normalized spacial score (nSPS) is 19.6. The van der Waals surface area contributed by atoms with Gasteiger partial charge in [0.15, 0.2) is 0 Å². The number of carbonyl (C=O) groups is 1. The van der Waals surface area contributed by atoms with E-state index in [1.807, 2.05) is 54.7 Å². The number of hydrogen-bond acceptors (Lipinski definition) is 4. The van der Waals surface area contributed by atoms with Gasteiger partial charge in [0.1, 0.15) is 5.75 Å². The number of aromatic nitrogens is 1. The molecule has 28 heavy (non-hydrogen) atoms. The second-order valence-electron chi connectivity index (χ2n) is 7.38. The SMILES string of the molecule is COc1ccccc1CC(=O)N[C@@H](c1cnc2ccccc2c1)C1CC(O)C1. The predicted octanol–water partition coefficient (Wildman–Crippen LogP) is 3.41. The van der Waals surface area contributed by atoms with E-state index in [9.17, 15) is 9.90 Å². The van der Waals surface area contributed by atoms with E-state index < -0.39 is 0 Å². The number of pyridine rings is 1. The number of ether oxygens (including phenoxy) is 1. The van der Waals surface area contributed by atoms with Crippen molar-refractivity contribution in [3.05, 3.63) is 71.9 Å². The Morgan fingerprint density at radius 2 is 1.96 bits per heavy atom. The number of para-hydroxylation sites is 2. The lowest BCUT2D eigenvalue weighted by Crippen LogP contribution is -2.42. The molecule has 1 amide bonds. The summed E-state index contributed by atoms with van der Waals surface area (Å²) in [4.78, 5) is 17.4. The number of benzene rings is 2. The molecule has 144 valence electrons. The summed E-state index contributed by atoms with van der Waals surface area (Å²) in [7, 11) is 1.61. The van der Waals surface area contributed by atoms with Crippen molar-refractivity contribution >= 4 is 16.8 Å². The first-order chi connectivity index (χ1) is 13.6. The molecule has 1 saturated carbocycles. The molecule has 1 aromatic heterocycles. The number of hydrogen-bond donors (Lipinski definition) is 2. The van der Waals surface area contributed by atoms with Gasteiger partial charge >= 0.3 is 0 Å². The molecule has 2 aromatic carbocycles. The van der Waals surface area contributed by atoms with E-state index in [1.165, 1.54) is 0 Å². The summed E-state index contributed by atoms with van der Waals surface area (Å²) in [6.07, 6.45) is 3.17. The van der Waals surface area contributed by atoms with Gasteiger partial charge < -0.3 is 15.2 Å². The Morgan fingerprint density at radius 1 is 1.21 bits per heavy atom. The van der Waals surface area contributed by atoms with E-state index in [2.05, 4.69) is 16.4 Å². The van der Waals surface area contributed by atoms with Gasteiger partial charge in [0.2, 0.25) is 5.91 Å². The minimum atomic E-state index is -0.285. The first kappa shape index (κ1) is 18.4.